The van der Waals surface area contributed by atoms with Gasteiger partial charge in [-0.25, -0.2) is 0 Å². The molecule has 0 rings (SSSR count). The number of carbonyl (C=O) groups excluding carboxylic acids is 1. The average molecular weight is 165 g/mol. The Bertz CT molecular complexity index is 202. The maximum absolute atomic E-state index is 10.2. The van der Waals surface area contributed by atoms with E-state index in [1.54, 1.807) is 6.08 Å². The number of rotatable bonds is 5. The summed E-state index contributed by atoms with van der Waals surface area (Å²) in [6.07, 6.45) is 12.9. The van der Waals surface area contributed by atoms with Gasteiger partial charge in [0.15, 0.2) is 0 Å². The molecule has 0 aromatic heterocycles. The summed E-state index contributed by atoms with van der Waals surface area (Å²) in [7, 11) is 0. The highest BCUT2D eigenvalue weighted by atomic mass is 16.1. The number of primary amides is 1. The second-order valence-corrected chi connectivity index (χ2v) is 2.34. The summed E-state index contributed by atoms with van der Waals surface area (Å²) in [5.41, 5.74) is 4.90. The van der Waals surface area contributed by atoms with Crippen molar-refractivity contribution in [3.05, 3.63) is 36.5 Å². The predicted molar refractivity (Wildman–Crippen MR) is 51.5 cm³/mol. The fourth-order valence-electron chi connectivity index (χ4n) is 0.678. The summed E-state index contributed by atoms with van der Waals surface area (Å²) in [6.45, 7) is 1.97. The minimum Gasteiger partial charge on any atom is -0.366 e. The van der Waals surface area contributed by atoms with Gasteiger partial charge in [0.2, 0.25) is 5.91 Å². The molecule has 0 aromatic rings. The summed E-state index contributed by atoms with van der Waals surface area (Å²) >= 11 is 0. The molecule has 0 unspecified atom stereocenters. The largest absolute Gasteiger partial charge is 0.366 e. The Labute approximate surface area is 73.5 Å². The first-order valence-electron chi connectivity index (χ1n) is 4.01. The Balaban J connectivity index is 3.38. The number of allylic oxidation sites excluding steroid dienone is 5. The highest BCUT2D eigenvalue weighted by Gasteiger charge is 1.80. The maximum atomic E-state index is 10.2. The monoisotopic (exact) mass is 165 g/mol. The van der Waals surface area contributed by atoms with Gasteiger partial charge in [-0.05, 0) is 25.8 Å². The number of amides is 1. The Morgan fingerprint density at radius 1 is 1.25 bits per heavy atom. The summed E-state index contributed by atoms with van der Waals surface area (Å²) in [4.78, 5) is 10.2. The van der Waals surface area contributed by atoms with Gasteiger partial charge >= 0.3 is 0 Å². The van der Waals surface area contributed by atoms with E-state index in [1.807, 2.05) is 31.2 Å². The van der Waals surface area contributed by atoms with Gasteiger partial charge in [0.05, 0.1) is 0 Å². The van der Waals surface area contributed by atoms with Crippen molar-refractivity contribution >= 4 is 5.91 Å². The van der Waals surface area contributed by atoms with Gasteiger partial charge in [0.1, 0.15) is 0 Å². The second kappa shape index (κ2) is 7.79. The molecule has 0 atom stereocenters. The van der Waals surface area contributed by atoms with Gasteiger partial charge in [-0.1, -0.05) is 30.4 Å². The van der Waals surface area contributed by atoms with E-state index in [-0.39, 0.29) is 5.91 Å². The van der Waals surface area contributed by atoms with Gasteiger partial charge < -0.3 is 5.73 Å². The molecule has 0 saturated carbocycles. The summed E-state index contributed by atoms with van der Waals surface area (Å²) in [5.74, 6) is -0.382. The van der Waals surface area contributed by atoms with Crippen LogP contribution in [0.25, 0.3) is 0 Å². The van der Waals surface area contributed by atoms with E-state index in [4.69, 9.17) is 5.73 Å². The van der Waals surface area contributed by atoms with Crippen molar-refractivity contribution in [2.75, 3.05) is 0 Å². The first-order valence-corrected chi connectivity index (χ1v) is 4.01. The molecule has 2 nitrogen and oxygen atoms in total. The lowest BCUT2D eigenvalue weighted by atomic mass is 10.2. The number of carbonyl (C=O) groups is 1. The van der Waals surface area contributed by atoms with E-state index in [9.17, 15) is 4.79 Å². The molecule has 0 saturated heterocycles. The van der Waals surface area contributed by atoms with E-state index in [0.29, 0.717) is 0 Å². The zero-order chi connectivity index (χ0) is 9.23. The lowest BCUT2D eigenvalue weighted by Crippen LogP contribution is -2.05. The van der Waals surface area contributed by atoms with E-state index < -0.39 is 0 Å². The quantitative estimate of drug-likeness (QED) is 0.377. The first kappa shape index (κ1) is 10.7. The maximum Gasteiger partial charge on any atom is 0.241 e. The molecule has 0 heterocycles. The minimum absolute atomic E-state index is 0.382. The summed E-state index contributed by atoms with van der Waals surface area (Å²) < 4.78 is 0. The Hall–Kier alpha value is -1.31. The Kier molecular flexibility index (Phi) is 6.94. The number of hydrogen-bond acceptors (Lipinski definition) is 1. The normalized spacial score (nSPS) is 12.1. The third-order valence-corrected chi connectivity index (χ3v) is 1.22. The van der Waals surface area contributed by atoms with Crippen LogP contribution >= 0.6 is 0 Å². The molecular formula is C10H15NO. The predicted octanol–water partition coefficient (Wildman–Crippen LogP) is 1.94. The zero-order valence-corrected chi connectivity index (χ0v) is 7.36. The lowest BCUT2D eigenvalue weighted by molar-refractivity contribution is -0.113. The smallest absolute Gasteiger partial charge is 0.241 e. The van der Waals surface area contributed by atoms with Crippen molar-refractivity contribution < 1.29 is 4.79 Å². The van der Waals surface area contributed by atoms with Crippen LogP contribution in [0.15, 0.2) is 36.5 Å². The molecule has 0 aliphatic heterocycles. The van der Waals surface area contributed by atoms with E-state index in [0.717, 1.165) is 12.8 Å². The van der Waals surface area contributed by atoms with Crippen molar-refractivity contribution in [2.45, 2.75) is 19.8 Å². The Morgan fingerprint density at radius 3 is 2.50 bits per heavy atom. The number of unbranched alkanes of at least 4 members (excludes halogenated alkanes) is 1. The van der Waals surface area contributed by atoms with Crippen LogP contribution in [-0.2, 0) is 4.79 Å². The zero-order valence-electron chi connectivity index (χ0n) is 7.36. The van der Waals surface area contributed by atoms with E-state index >= 15 is 0 Å². The Morgan fingerprint density at radius 2 is 1.92 bits per heavy atom. The summed E-state index contributed by atoms with van der Waals surface area (Å²) in [6, 6.07) is 0. The third-order valence-electron chi connectivity index (χ3n) is 1.22. The highest BCUT2D eigenvalue weighted by Crippen LogP contribution is 1.92. The van der Waals surface area contributed by atoms with Crippen LogP contribution in [0.1, 0.15) is 19.8 Å². The summed E-state index contributed by atoms with van der Waals surface area (Å²) in [5, 5.41) is 0. The lowest BCUT2D eigenvalue weighted by Gasteiger charge is -1.84. The molecule has 12 heavy (non-hydrogen) atoms. The standard InChI is InChI=1S/C10H15NO/c1-2-3-4-5-6-7-8-9-10(11)12/h2-5,8-9H,6-7H2,1H3,(H2,11,12)/b3-2+,5-4-,9-8+. The van der Waals surface area contributed by atoms with Crippen LogP contribution in [0.5, 0.6) is 0 Å². The van der Waals surface area contributed by atoms with Gasteiger partial charge in [-0.2, -0.15) is 0 Å². The third kappa shape index (κ3) is 8.69. The molecule has 0 bridgehead atoms. The van der Waals surface area contributed by atoms with Crippen LogP contribution in [0.4, 0.5) is 0 Å². The molecular weight excluding hydrogens is 150 g/mol. The van der Waals surface area contributed by atoms with Crippen LogP contribution in [0.2, 0.25) is 0 Å². The van der Waals surface area contributed by atoms with Crippen LogP contribution < -0.4 is 5.73 Å². The number of nitrogens with two attached hydrogens (primary N) is 1. The van der Waals surface area contributed by atoms with Crippen molar-refractivity contribution in [1.29, 1.82) is 0 Å². The second-order valence-electron chi connectivity index (χ2n) is 2.34. The van der Waals surface area contributed by atoms with Crippen molar-refractivity contribution in [2.24, 2.45) is 5.73 Å². The molecule has 0 spiro atoms. The topological polar surface area (TPSA) is 43.1 Å². The van der Waals surface area contributed by atoms with E-state index in [1.165, 1.54) is 6.08 Å². The molecule has 0 fully saturated rings. The van der Waals surface area contributed by atoms with Gasteiger partial charge in [-0.15, -0.1) is 0 Å². The molecule has 66 valence electrons. The van der Waals surface area contributed by atoms with Gasteiger partial charge in [-0.3, -0.25) is 4.79 Å². The van der Waals surface area contributed by atoms with Crippen molar-refractivity contribution in [3.63, 3.8) is 0 Å². The fraction of sp³-hybridized carbons (Fsp3) is 0.300. The van der Waals surface area contributed by atoms with E-state index in [2.05, 4.69) is 0 Å². The minimum atomic E-state index is -0.382. The van der Waals surface area contributed by atoms with Crippen LogP contribution in [0, 0.1) is 0 Å². The molecule has 0 aromatic carbocycles. The van der Waals surface area contributed by atoms with Crippen molar-refractivity contribution in [3.8, 4) is 0 Å². The van der Waals surface area contributed by atoms with Crippen LogP contribution in [0.3, 0.4) is 0 Å². The van der Waals surface area contributed by atoms with Gasteiger partial charge in [0, 0.05) is 0 Å². The van der Waals surface area contributed by atoms with Crippen molar-refractivity contribution in [1.82, 2.24) is 0 Å². The molecule has 2 N–H and O–H groups in total. The molecule has 0 aliphatic carbocycles. The molecule has 0 aliphatic rings. The van der Waals surface area contributed by atoms with Gasteiger partial charge in [0.25, 0.3) is 0 Å². The molecule has 0 radical (unpaired) electrons. The highest BCUT2D eigenvalue weighted by molar-refractivity contribution is 5.85. The fourth-order valence-corrected chi connectivity index (χ4v) is 0.678. The average Bonchev–Trinajstić information content (AvgIpc) is 2.02. The SMILES string of the molecule is C/C=C/C=C\CC/C=C/C(N)=O. The first-order chi connectivity index (χ1) is 5.77. The van der Waals surface area contributed by atoms with Crippen LogP contribution in [-0.4, -0.2) is 5.91 Å². The number of hydrogen-bond donors (Lipinski definition) is 1. The molecule has 2 heteroatoms. The molecule has 1 amide bonds.